The minimum Gasteiger partial charge on any atom is -0.493 e. The number of para-hydroxylation sites is 1. The Kier molecular flexibility index (Phi) is 6.31. The topological polar surface area (TPSA) is 84.9 Å². The smallest absolute Gasteiger partial charge is 0.336 e. The van der Waals surface area contributed by atoms with Gasteiger partial charge in [0.2, 0.25) is 0 Å². The summed E-state index contributed by atoms with van der Waals surface area (Å²) in [5, 5.41) is 1.20. The maximum Gasteiger partial charge on any atom is 0.336 e. The van der Waals surface area contributed by atoms with E-state index in [9.17, 15) is 14.4 Å². The van der Waals surface area contributed by atoms with Crippen LogP contribution in [-0.4, -0.2) is 24.9 Å². The number of benzene rings is 3. The van der Waals surface area contributed by atoms with E-state index in [1.807, 2.05) is 36.4 Å². The van der Waals surface area contributed by atoms with Gasteiger partial charge in [-0.3, -0.25) is 15.0 Å². The molecule has 0 radical (unpaired) electrons. The fraction of sp³-hybridized carbons (Fsp3) is 0.0385. The lowest BCUT2D eigenvalue weighted by molar-refractivity contribution is -0.129. The third-order valence-electron chi connectivity index (χ3n) is 4.83. The highest BCUT2D eigenvalue weighted by molar-refractivity contribution is 6.31. The van der Waals surface area contributed by atoms with E-state index in [2.05, 4.69) is 5.43 Å². The molecule has 1 aliphatic rings. The van der Waals surface area contributed by atoms with Gasteiger partial charge in [0.25, 0.3) is 11.8 Å². The molecule has 0 atom stereocenters. The summed E-state index contributed by atoms with van der Waals surface area (Å²) >= 11 is 0. The number of amides is 2. The van der Waals surface area contributed by atoms with E-state index < -0.39 is 17.8 Å². The number of nitrogens with zero attached hydrogens (tertiary/aromatic N) is 1. The van der Waals surface area contributed by atoms with E-state index in [4.69, 9.17) is 9.47 Å². The quantitative estimate of drug-likeness (QED) is 0.273. The molecule has 0 aromatic heterocycles. The van der Waals surface area contributed by atoms with E-state index in [1.54, 1.807) is 48.5 Å². The van der Waals surface area contributed by atoms with Crippen LogP contribution in [0.15, 0.2) is 90.5 Å². The zero-order valence-electron chi connectivity index (χ0n) is 17.7. The Balaban J connectivity index is 1.51. The second-order valence-corrected chi connectivity index (χ2v) is 7.05. The van der Waals surface area contributed by atoms with Crippen molar-refractivity contribution in [2.75, 3.05) is 12.1 Å². The first-order valence-electron chi connectivity index (χ1n) is 10.1. The molecule has 1 heterocycles. The highest BCUT2D eigenvalue weighted by atomic mass is 16.6. The van der Waals surface area contributed by atoms with Gasteiger partial charge in [0.1, 0.15) is 5.57 Å². The largest absolute Gasteiger partial charge is 0.493 e. The normalized spacial score (nSPS) is 14.6. The molecule has 4 rings (SSSR count). The molecule has 7 nitrogen and oxygen atoms in total. The summed E-state index contributed by atoms with van der Waals surface area (Å²) < 4.78 is 10.7. The Labute approximate surface area is 190 Å². The monoisotopic (exact) mass is 440 g/mol. The summed E-state index contributed by atoms with van der Waals surface area (Å²) in [7, 11) is 1.44. The standard InChI is InChI=1S/C26H20N2O5/c1-32-23-17-19(12-14-22(23)33-24(29)15-13-18-8-4-2-5-9-18)16-21-25(30)27-28(26(21)31)20-10-6-3-7-11-20/h2-17H,1H3,(H,27,30)/b15-13+,21-16-. The summed E-state index contributed by atoms with van der Waals surface area (Å²) in [6.45, 7) is 0. The molecule has 0 saturated carbocycles. The second kappa shape index (κ2) is 9.65. The lowest BCUT2D eigenvalue weighted by Gasteiger charge is -2.13. The highest BCUT2D eigenvalue weighted by Gasteiger charge is 2.34. The molecule has 0 unspecified atom stereocenters. The average Bonchev–Trinajstić information content (AvgIpc) is 3.13. The number of nitrogens with one attached hydrogen (secondary N) is 1. The number of carbonyl (C=O) groups excluding carboxylic acids is 3. The van der Waals surface area contributed by atoms with Crippen LogP contribution >= 0.6 is 0 Å². The van der Waals surface area contributed by atoms with Crippen molar-refractivity contribution in [1.82, 2.24) is 5.43 Å². The zero-order chi connectivity index (χ0) is 23.2. The van der Waals surface area contributed by atoms with Crippen LogP contribution in [0.25, 0.3) is 12.2 Å². The van der Waals surface area contributed by atoms with E-state index in [0.29, 0.717) is 11.3 Å². The highest BCUT2D eigenvalue weighted by Crippen LogP contribution is 2.30. The van der Waals surface area contributed by atoms with Gasteiger partial charge >= 0.3 is 5.97 Å². The minimum absolute atomic E-state index is 0.0172. The first-order valence-corrected chi connectivity index (χ1v) is 10.1. The van der Waals surface area contributed by atoms with E-state index in [1.165, 1.54) is 24.3 Å². The van der Waals surface area contributed by atoms with Crippen LogP contribution in [0, 0.1) is 0 Å². The van der Waals surface area contributed by atoms with Crippen molar-refractivity contribution >= 4 is 35.6 Å². The van der Waals surface area contributed by atoms with Gasteiger partial charge in [0.05, 0.1) is 12.8 Å². The zero-order valence-corrected chi connectivity index (χ0v) is 17.7. The van der Waals surface area contributed by atoms with Crippen LogP contribution < -0.4 is 19.9 Å². The summed E-state index contributed by atoms with van der Waals surface area (Å²) in [6.07, 6.45) is 4.44. The van der Waals surface area contributed by atoms with Gasteiger partial charge < -0.3 is 9.47 Å². The van der Waals surface area contributed by atoms with E-state index in [-0.39, 0.29) is 17.1 Å². The number of methoxy groups -OCH3 is 1. The predicted octanol–water partition coefficient (Wildman–Crippen LogP) is 3.78. The molecular weight excluding hydrogens is 420 g/mol. The molecule has 1 saturated heterocycles. The molecular formula is C26H20N2O5. The maximum absolute atomic E-state index is 12.7. The lowest BCUT2D eigenvalue weighted by Crippen LogP contribution is -2.35. The molecule has 164 valence electrons. The summed E-state index contributed by atoms with van der Waals surface area (Å²) in [4.78, 5) is 37.3. The van der Waals surface area contributed by atoms with Crippen molar-refractivity contribution in [3.05, 3.63) is 102 Å². The van der Waals surface area contributed by atoms with Crippen LogP contribution in [0.2, 0.25) is 0 Å². The number of carbonyl (C=O) groups is 3. The molecule has 1 N–H and O–H groups in total. The number of hydrogen-bond acceptors (Lipinski definition) is 5. The third-order valence-corrected chi connectivity index (χ3v) is 4.83. The maximum atomic E-state index is 12.7. The Bertz CT molecular complexity index is 1250. The predicted molar refractivity (Wildman–Crippen MR) is 124 cm³/mol. The molecule has 1 aliphatic heterocycles. The molecule has 0 bridgehead atoms. The number of ether oxygens (including phenoxy) is 2. The van der Waals surface area contributed by atoms with Gasteiger partial charge in [-0.05, 0) is 47.5 Å². The SMILES string of the molecule is COc1cc(/C=C2/C(=O)NN(c3ccccc3)C2=O)ccc1OC(=O)/C=C/c1ccccc1. The summed E-state index contributed by atoms with van der Waals surface area (Å²) in [5.41, 5.74) is 4.50. The molecule has 2 amide bonds. The van der Waals surface area contributed by atoms with Gasteiger partial charge in [-0.2, -0.15) is 0 Å². The van der Waals surface area contributed by atoms with Crippen molar-refractivity contribution in [2.24, 2.45) is 0 Å². The van der Waals surface area contributed by atoms with Gasteiger partial charge in [-0.1, -0.05) is 54.6 Å². The fourth-order valence-corrected chi connectivity index (χ4v) is 3.21. The van der Waals surface area contributed by atoms with Gasteiger partial charge in [0, 0.05) is 6.08 Å². The van der Waals surface area contributed by atoms with Crippen LogP contribution in [0.4, 0.5) is 5.69 Å². The van der Waals surface area contributed by atoms with Crippen LogP contribution in [0.5, 0.6) is 11.5 Å². The lowest BCUT2D eigenvalue weighted by atomic mass is 10.1. The molecule has 0 aliphatic carbocycles. The van der Waals surface area contributed by atoms with E-state index in [0.717, 1.165) is 5.56 Å². The van der Waals surface area contributed by atoms with Crippen LogP contribution in [-0.2, 0) is 14.4 Å². The van der Waals surface area contributed by atoms with Gasteiger partial charge in [0.15, 0.2) is 11.5 Å². The Morgan fingerprint density at radius 3 is 2.27 bits per heavy atom. The Morgan fingerprint density at radius 2 is 1.58 bits per heavy atom. The molecule has 33 heavy (non-hydrogen) atoms. The van der Waals surface area contributed by atoms with Crippen molar-refractivity contribution in [2.45, 2.75) is 0 Å². The van der Waals surface area contributed by atoms with Crippen molar-refractivity contribution in [3.63, 3.8) is 0 Å². The Morgan fingerprint density at radius 1 is 0.879 bits per heavy atom. The number of esters is 1. The number of hydrogen-bond donors (Lipinski definition) is 1. The first kappa shape index (κ1) is 21.6. The molecule has 1 fully saturated rings. The summed E-state index contributed by atoms with van der Waals surface area (Å²) in [5.74, 6) is -1.03. The Hall–Kier alpha value is -4.65. The first-order chi connectivity index (χ1) is 16.0. The van der Waals surface area contributed by atoms with Gasteiger partial charge in [-0.15, -0.1) is 0 Å². The van der Waals surface area contributed by atoms with Crippen molar-refractivity contribution < 1.29 is 23.9 Å². The van der Waals surface area contributed by atoms with Gasteiger partial charge in [-0.25, -0.2) is 9.80 Å². The third kappa shape index (κ3) is 4.99. The molecule has 7 heteroatoms. The van der Waals surface area contributed by atoms with E-state index >= 15 is 0 Å². The fourth-order valence-electron chi connectivity index (χ4n) is 3.21. The van der Waals surface area contributed by atoms with Crippen molar-refractivity contribution in [1.29, 1.82) is 0 Å². The van der Waals surface area contributed by atoms with Crippen LogP contribution in [0.3, 0.4) is 0 Å². The molecule has 0 spiro atoms. The molecule has 3 aromatic rings. The van der Waals surface area contributed by atoms with Crippen molar-refractivity contribution in [3.8, 4) is 11.5 Å². The average molecular weight is 440 g/mol. The number of rotatable bonds is 6. The molecule has 3 aromatic carbocycles. The minimum atomic E-state index is -0.563. The summed E-state index contributed by atoms with van der Waals surface area (Å²) in [6, 6.07) is 22.9. The number of anilines is 1. The van der Waals surface area contributed by atoms with Crippen LogP contribution in [0.1, 0.15) is 11.1 Å². The second-order valence-electron chi connectivity index (χ2n) is 7.05. The number of hydrazine groups is 1.